The van der Waals surface area contributed by atoms with Gasteiger partial charge in [0.1, 0.15) is 17.4 Å². The number of hydrogen-bond donors (Lipinski definition) is 1. The maximum absolute atomic E-state index is 12.3. The van der Waals surface area contributed by atoms with Gasteiger partial charge >= 0.3 is 5.97 Å². The molecule has 0 saturated carbocycles. The third-order valence-electron chi connectivity index (χ3n) is 4.85. The maximum Gasteiger partial charge on any atom is 0.344 e. The number of carbonyl (C=O) groups excluding carboxylic acids is 2. The number of para-hydroxylation sites is 1. The summed E-state index contributed by atoms with van der Waals surface area (Å²) in [6.45, 7) is 7.96. The molecule has 0 radical (unpaired) electrons. The van der Waals surface area contributed by atoms with Gasteiger partial charge in [0.2, 0.25) is 5.91 Å². The number of carbonyl (C=O) groups is 2. The van der Waals surface area contributed by atoms with E-state index in [2.05, 4.69) is 24.1 Å². The summed E-state index contributed by atoms with van der Waals surface area (Å²) in [5.74, 6) is 0.392. The minimum absolute atomic E-state index is 0.0446. The zero-order valence-corrected chi connectivity index (χ0v) is 19.6. The van der Waals surface area contributed by atoms with E-state index in [1.54, 1.807) is 5.38 Å². The highest BCUT2D eigenvalue weighted by Crippen LogP contribution is 2.27. The molecule has 0 unspecified atom stereocenters. The van der Waals surface area contributed by atoms with E-state index in [0.717, 1.165) is 22.4 Å². The molecule has 2 aromatic carbocycles. The number of amides is 1. The van der Waals surface area contributed by atoms with Gasteiger partial charge in [-0.1, -0.05) is 44.2 Å². The molecule has 7 heteroatoms. The van der Waals surface area contributed by atoms with E-state index < -0.39 is 5.97 Å². The topological polar surface area (TPSA) is 77.5 Å². The quantitative estimate of drug-likeness (QED) is 0.452. The lowest BCUT2D eigenvalue weighted by molar-refractivity contribution is -0.147. The van der Waals surface area contributed by atoms with Crippen LogP contribution in [-0.4, -0.2) is 23.5 Å². The van der Waals surface area contributed by atoms with Gasteiger partial charge in [-0.3, -0.25) is 4.79 Å². The molecule has 3 rings (SSSR count). The second-order valence-corrected chi connectivity index (χ2v) is 8.86. The Bertz CT molecular complexity index is 1090. The van der Waals surface area contributed by atoms with Crippen LogP contribution in [0.5, 0.6) is 5.75 Å². The molecule has 32 heavy (non-hydrogen) atoms. The smallest absolute Gasteiger partial charge is 0.344 e. The fraction of sp³-hybridized carbons (Fsp3) is 0.320. The van der Waals surface area contributed by atoms with Crippen molar-refractivity contribution in [3.63, 3.8) is 0 Å². The number of esters is 1. The minimum Gasteiger partial charge on any atom is -0.482 e. The van der Waals surface area contributed by atoms with Crippen LogP contribution < -0.4 is 10.1 Å². The molecule has 0 spiro atoms. The van der Waals surface area contributed by atoms with Crippen LogP contribution in [0.25, 0.3) is 0 Å². The highest BCUT2D eigenvalue weighted by atomic mass is 32.1. The lowest BCUT2D eigenvalue weighted by Crippen LogP contribution is -2.16. The van der Waals surface area contributed by atoms with E-state index >= 15 is 0 Å². The normalized spacial score (nSPS) is 10.8. The fourth-order valence-corrected chi connectivity index (χ4v) is 3.89. The Balaban J connectivity index is 1.47. The Morgan fingerprint density at radius 2 is 1.91 bits per heavy atom. The van der Waals surface area contributed by atoms with Crippen LogP contribution in [0.2, 0.25) is 0 Å². The molecule has 6 nitrogen and oxygen atoms in total. The van der Waals surface area contributed by atoms with Gasteiger partial charge in [-0.15, -0.1) is 11.3 Å². The summed E-state index contributed by atoms with van der Waals surface area (Å²) >= 11 is 1.37. The lowest BCUT2D eigenvalue weighted by atomic mass is 10.0. The monoisotopic (exact) mass is 452 g/mol. The number of aryl methyl sites for hydroxylation is 2. The molecule has 1 N–H and O–H groups in total. The number of nitrogens with one attached hydrogen (secondary N) is 1. The third-order valence-corrected chi connectivity index (χ3v) is 5.75. The summed E-state index contributed by atoms with van der Waals surface area (Å²) in [6.07, 6.45) is 0.168. The first-order chi connectivity index (χ1) is 15.3. The largest absolute Gasteiger partial charge is 0.482 e. The van der Waals surface area contributed by atoms with Crippen LogP contribution in [-0.2, 0) is 27.4 Å². The molecule has 1 heterocycles. The van der Waals surface area contributed by atoms with Gasteiger partial charge in [-0.05, 0) is 48.6 Å². The first-order valence-electron chi connectivity index (χ1n) is 10.5. The Hall–Kier alpha value is -3.19. The summed E-state index contributed by atoms with van der Waals surface area (Å²) in [5.41, 5.74) is 4.52. The van der Waals surface area contributed by atoms with Crippen molar-refractivity contribution in [1.29, 1.82) is 0 Å². The fourth-order valence-electron chi connectivity index (χ4n) is 3.12. The first-order valence-corrected chi connectivity index (χ1v) is 11.4. The van der Waals surface area contributed by atoms with Gasteiger partial charge in [-0.2, -0.15) is 0 Å². The highest BCUT2D eigenvalue weighted by molar-refractivity contribution is 7.09. The van der Waals surface area contributed by atoms with Crippen molar-refractivity contribution in [3.05, 3.63) is 75.2 Å². The van der Waals surface area contributed by atoms with Gasteiger partial charge in [0.15, 0.2) is 6.61 Å². The number of nitrogens with zero attached hydrogens (tertiary/aromatic N) is 1. The summed E-state index contributed by atoms with van der Waals surface area (Å²) in [7, 11) is 0. The van der Waals surface area contributed by atoms with Gasteiger partial charge < -0.3 is 14.8 Å². The van der Waals surface area contributed by atoms with E-state index in [1.807, 2.05) is 56.3 Å². The van der Waals surface area contributed by atoms with Crippen molar-refractivity contribution in [2.24, 2.45) is 0 Å². The molecule has 0 saturated heterocycles. The summed E-state index contributed by atoms with van der Waals surface area (Å²) in [6, 6.07) is 13.6. The zero-order chi connectivity index (χ0) is 23.1. The van der Waals surface area contributed by atoms with Crippen LogP contribution in [0.15, 0.2) is 47.8 Å². The molecule has 0 bridgehead atoms. The predicted octanol–water partition coefficient (Wildman–Crippen LogP) is 5.19. The molecule has 0 atom stereocenters. The molecule has 0 aliphatic carbocycles. The summed E-state index contributed by atoms with van der Waals surface area (Å²) in [5, 5.41) is 5.35. The van der Waals surface area contributed by atoms with Crippen molar-refractivity contribution in [3.8, 4) is 5.75 Å². The first kappa shape index (κ1) is 23.5. The van der Waals surface area contributed by atoms with Gasteiger partial charge in [0, 0.05) is 11.1 Å². The standard InChI is InChI=1S/C25H28N2O4S/c1-16(2)20-10-9-17(3)11-22(20)30-14-25(29)31-13-19-15-32-24(26-19)12-23(28)27-21-8-6-5-7-18(21)4/h5-11,15-16H,12-14H2,1-4H3,(H,27,28). The van der Waals surface area contributed by atoms with Crippen LogP contribution >= 0.6 is 11.3 Å². The van der Waals surface area contributed by atoms with E-state index in [1.165, 1.54) is 11.3 Å². The Labute approximate surface area is 192 Å². The van der Waals surface area contributed by atoms with Crippen LogP contribution in [0.4, 0.5) is 5.69 Å². The molecule has 0 aliphatic heterocycles. The molecule has 0 aliphatic rings. The van der Waals surface area contributed by atoms with E-state index in [4.69, 9.17) is 9.47 Å². The molecule has 3 aromatic rings. The Morgan fingerprint density at radius 1 is 1.12 bits per heavy atom. The van der Waals surface area contributed by atoms with Crippen LogP contribution in [0.1, 0.15) is 47.2 Å². The molecular formula is C25H28N2O4S. The van der Waals surface area contributed by atoms with E-state index in [9.17, 15) is 9.59 Å². The van der Waals surface area contributed by atoms with Crippen molar-refractivity contribution in [1.82, 2.24) is 4.98 Å². The predicted molar refractivity (Wildman–Crippen MR) is 126 cm³/mol. The number of hydrogen-bond acceptors (Lipinski definition) is 6. The second kappa shape index (κ2) is 10.9. The number of thiazole rings is 1. The summed E-state index contributed by atoms with van der Waals surface area (Å²) in [4.78, 5) is 28.8. The molecule has 1 aromatic heterocycles. The van der Waals surface area contributed by atoms with Crippen molar-refractivity contribution >= 4 is 28.9 Å². The average molecular weight is 453 g/mol. The number of anilines is 1. The summed E-state index contributed by atoms with van der Waals surface area (Å²) < 4.78 is 11.0. The van der Waals surface area contributed by atoms with Gasteiger partial charge in [0.05, 0.1) is 12.1 Å². The van der Waals surface area contributed by atoms with Gasteiger partial charge in [0.25, 0.3) is 0 Å². The molecule has 168 valence electrons. The van der Waals surface area contributed by atoms with Crippen LogP contribution in [0.3, 0.4) is 0 Å². The molecule has 0 fully saturated rings. The molecular weight excluding hydrogens is 424 g/mol. The third kappa shape index (κ3) is 6.65. The van der Waals surface area contributed by atoms with E-state index in [-0.39, 0.29) is 31.5 Å². The number of ether oxygens (including phenoxy) is 2. The Morgan fingerprint density at radius 3 is 2.66 bits per heavy atom. The SMILES string of the molecule is Cc1ccc(C(C)C)c(OCC(=O)OCc2csc(CC(=O)Nc3ccccc3C)n2)c1. The number of rotatable bonds is 9. The lowest BCUT2D eigenvalue weighted by Gasteiger charge is -2.14. The number of aromatic nitrogens is 1. The van der Waals surface area contributed by atoms with Crippen molar-refractivity contribution in [2.75, 3.05) is 11.9 Å². The number of benzene rings is 2. The minimum atomic E-state index is -0.465. The molecule has 1 amide bonds. The van der Waals surface area contributed by atoms with Crippen LogP contribution in [0, 0.1) is 13.8 Å². The van der Waals surface area contributed by atoms with Crippen molar-refractivity contribution < 1.29 is 19.1 Å². The zero-order valence-electron chi connectivity index (χ0n) is 18.8. The van der Waals surface area contributed by atoms with Gasteiger partial charge in [-0.25, -0.2) is 9.78 Å². The highest BCUT2D eigenvalue weighted by Gasteiger charge is 2.13. The second-order valence-electron chi connectivity index (χ2n) is 7.92. The maximum atomic E-state index is 12.3. The Kier molecular flexibility index (Phi) is 8.00. The average Bonchev–Trinajstić information content (AvgIpc) is 3.19. The van der Waals surface area contributed by atoms with Crippen molar-refractivity contribution in [2.45, 2.75) is 46.6 Å². The van der Waals surface area contributed by atoms with E-state index in [0.29, 0.717) is 16.5 Å².